The zero-order chi connectivity index (χ0) is 18.0. The van der Waals surface area contributed by atoms with Crippen molar-refractivity contribution in [3.63, 3.8) is 0 Å². The first-order valence-corrected chi connectivity index (χ1v) is 8.80. The molecular weight excluding hydrogens is 334 g/mol. The maximum Gasteiger partial charge on any atom is 0.262 e. The molecule has 1 aromatic carbocycles. The zero-order valence-corrected chi connectivity index (χ0v) is 15.6. The minimum absolute atomic E-state index is 0.0926. The molecular formula is C19H21N3O2S. The Balaban J connectivity index is 1.93. The van der Waals surface area contributed by atoms with Crippen molar-refractivity contribution in [2.24, 2.45) is 7.05 Å². The second-order valence-electron chi connectivity index (χ2n) is 5.93. The first-order valence-electron chi connectivity index (χ1n) is 7.98. The van der Waals surface area contributed by atoms with Crippen LogP contribution in [0, 0.1) is 13.8 Å². The third-order valence-corrected chi connectivity index (χ3v) is 5.38. The molecule has 0 fully saturated rings. The predicted molar refractivity (Wildman–Crippen MR) is 99.3 cm³/mol. The summed E-state index contributed by atoms with van der Waals surface area (Å²) in [4.78, 5) is 19.1. The number of hydrogen-bond donors (Lipinski definition) is 1. The molecule has 3 rings (SSSR count). The molecule has 0 saturated heterocycles. The number of benzene rings is 1. The molecule has 25 heavy (non-hydrogen) atoms. The van der Waals surface area contributed by atoms with E-state index in [-0.39, 0.29) is 11.9 Å². The van der Waals surface area contributed by atoms with Gasteiger partial charge in [-0.3, -0.25) is 4.79 Å². The van der Waals surface area contributed by atoms with Crippen LogP contribution in [0.25, 0.3) is 0 Å². The van der Waals surface area contributed by atoms with Crippen LogP contribution in [0.2, 0.25) is 0 Å². The predicted octanol–water partition coefficient (Wildman–Crippen LogP) is 3.63. The number of nitrogens with one attached hydrogen (secondary N) is 1. The van der Waals surface area contributed by atoms with Crippen molar-refractivity contribution in [1.29, 1.82) is 0 Å². The van der Waals surface area contributed by atoms with E-state index in [0.29, 0.717) is 4.88 Å². The van der Waals surface area contributed by atoms with E-state index in [4.69, 9.17) is 4.74 Å². The molecule has 0 bridgehead atoms. The molecule has 0 aliphatic rings. The molecule has 1 N–H and O–H groups in total. The third kappa shape index (κ3) is 3.58. The fourth-order valence-electron chi connectivity index (χ4n) is 2.64. The second-order valence-corrected chi connectivity index (χ2v) is 7.18. The zero-order valence-electron chi connectivity index (χ0n) is 14.7. The van der Waals surface area contributed by atoms with Gasteiger partial charge in [0.25, 0.3) is 5.91 Å². The van der Waals surface area contributed by atoms with Crippen LogP contribution in [0.5, 0.6) is 5.75 Å². The van der Waals surface area contributed by atoms with Gasteiger partial charge < -0.3 is 14.6 Å². The Bertz CT molecular complexity index is 861. The molecule has 0 radical (unpaired) electrons. The fraction of sp³-hybridized carbons (Fsp3) is 0.263. The molecule has 0 saturated carbocycles. The average molecular weight is 355 g/mol. The number of aromatic nitrogens is 2. The van der Waals surface area contributed by atoms with Crippen LogP contribution in [-0.4, -0.2) is 22.6 Å². The number of carbonyl (C=O) groups excluding carboxylic acids is 1. The molecule has 0 aliphatic carbocycles. The number of aryl methyl sites for hydroxylation is 3. The molecule has 0 aliphatic heterocycles. The second kappa shape index (κ2) is 7.11. The summed E-state index contributed by atoms with van der Waals surface area (Å²) in [7, 11) is 3.55. The van der Waals surface area contributed by atoms with Gasteiger partial charge in [0.1, 0.15) is 17.6 Å². The lowest BCUT2D eigenvalue weighted by atomic mass is 10.1. The minimum Gasteiger partial charge on any atom is -0.497 e. The number of methoxy groups -OCH3 is 1. The number of ether oxygens (including phenoxy) is 1. The maximum atomic E-state index is 12.8. The Hall–Kier alpha value is -2.60. The molecule has 5 nitrogen and oxygen atoms in total. The van der Waals surface area contributed by atoms with E-state index in [1.165, 1.54) is 11.3 Å². The normalized spacial score (nSPS) is 12.0. The monoisotopic (exact) mass is 355 g/mol. The molecule has 1 amide bonds. The number of imidazole rings is 1. The smallest absolute Gasteiger partial charge is 0.262 e. The Kier molecular flexibility index (Phi) is 4.90. The first-order chi connectivity index (χ1) is 12.0. The number of carbonyl (C=O) groups is 1. The van der Waals surface area contributed by atoms with Gasteiger partial charge in [-0.05, 0) is 43.2 Å². The molecule has 0 spiro atoms. The van der Waals surface area contributed by atoms with E-state index in [1.54, 1.807) is 13.3 Å². The van der Waals surface area contributed by atoms with E-state index in [9.17, 15) is 4.79 Å². The summed E-state index contributed by atoms with van der Waals surface area (Å²) in [5.74, 6) is 1.46. The highest BCUT2D eigenvalue weighted by atomic mass is 32.1. The van der Waals surface area contributed by atoms with Crippen LogP contribution in [0.4, 0.5) is 0 Å². The van der Waals surface area contributed by atoms with Crippen molar-refractivity contribution in [2.45, 2.75) is 19.9 Å². The molecule has 6 heteroatoms. The van der Waals surface area contributed by atoms with Crippen molar-refractivity contribution >= 4 is 17.2 Å². The Labute approximate surface area is 151 Å². The maximum absolute atomic E-state index is 12.8. The fourth-order valence-corrected chi connectivity index (χ4v) is 3.57. The Morgan fingerprint density at radius 1 is 1.28 bits per heavy atom. The standard InChI is InChI=1S/C19H21N3O2S/c1-12-11-16(25-13(12)2)19(23)21-17(18-20-9-10-22(18)3)14-5-7-15(24-4)8-6-14/h5-11,17H,1-4H3,(H,21,23). The number of hydrogen-bond acceptors (Lipinski definition) is 4. The van der Waals surface area contributed by atoms with Crippen molar-refractivity contribution in [3.8, 4) is 5.75 Å². The van der Waals surface area contributed by atoms with Crippen molar-refractivity contribution < 1.29 is 9.53 Å². The molecule has 2 heterocycles. The number of amides is 1. The first kappa shape index (κ1) is 17.2. The molecule has 1 atom stereocenters. The van der Waals surface area contributed by atoms with E-state index in [2.05, 4.69) is 10.3 Å². The summed E-state index contributed by atoms with van der Waals surface area (Å²) in [6.45, 7) is 4.04. The van der Waals surface area contributed by atoms with Gasteiger partial charge >= 0.3 is 0 Å². The summed E-state index contributed by atoms with van der Waals surface area (Å²) >= 11 is 1.51. The van der Waals surface area contributed by atoms with Crippen LogP contribution in [0.1, 0.15) is 37.5 Å². The average Bonchev–Trinajstić information content (AvgIpc) is 3.18. The van der Waals surface area contributed by atoms with Crippen LogP contribution in [0.3, 0.4) is 0 Å². The van der Waals surface area contributed by atoms with Crippen LogP contribution in [-0.2, 0) is 7.05 Å². The highest BCUT2D eigenvalue weighted by molar-refractivity contribution is 7.14. The Morgan fingerprint density at radius 3 is 2.52 bits per heavy atom. The van der Waals surface area contributed by atoms with Crippen LogP contribution >= 0.6 is 11.3 Å². The van der Waals surface area contributed by atoms with E-state index in [0.717, 1.165) is 27.6 Å². The number of nitrogens with zero attached hydrogens (tertiary/aromatic N) is 2. The Morgan fingerprint density at radius 2 is 2.00 bits per heavy atom. The summed E-state index contributed by atoms with van der Waals surface area (Å²) < 4.78 is 7.14. The largest absolute Gasteiger partial charge is 0.497 e. The highest BCUT2D eigenvalue weighted by Gasteiger charge is 2.22. The van der Waals surface area contributed by atoms with Gasteiger partial charge in [-0.1, -0.05) is 12.1 Å². The van der Waals surface area contributed by atoms with Gasteiger partial charge in [-0.2, -0.15) is 0 Å². The van der Waals surface area contributed by atoms with E-state index >= 15 is 0 Å². The van der Waals surface area contributed by atoms with Gasteiger partial charge in [0.15, 0.2) is 0 Å². The molecule has 3 aromatic rings. The number of thiophene rings is 1. The van der Waals surface area contributed by atoms with E-state index in [1.807, 2.05) is 62.0 Å². The van der Waals surface area contributed by atoms with E-state index < -0.39 is 0 Å². The van der Waals surface area contributed by atoms with Crippen LogP contribution in [0.15, 0.2) is 42.7 Å². The van der Waals surface area contributed by atoms with Crippen molar-refractivity contribution in [3.05, 3.63) is 69.4 Å². The lowest BCUT2D eigenvalue weighted by Crippen LogP contribution is -2.30. The molecule has 130 valence electrons. The molecule has 1 unspecified atom stereocenters. The molecule has 2 aromatic heterocycles. The van der Waals surface area contributed by atoms with Gasteiger partial charge in [0.2, 0.25) is 0 Å². The summed E-state index contributed by atoms with van der Waals surface area (Å²) in [6, 6.07) is 9.26. The van der Waals surface area contributed by atoms with Crippen molar-refractivity contribution in [2.75, 3.05) is 7.11 Å². The topological polar surface area (TPSA) is 56.1 Å². The van der Waals surface area contributed by atoms with Crippen molar-refractivity contribution in [1.82, 2.24) is 14.9 Å². The van der Waals surface area contributed by atoms with Gasteiger partial charge in [0, 0.05) is 24.3 Å². The lowest BCUT2D eigenvalue weighted by Gasteiger charge is -2.19. The van der Waals surface area contributed by atoms with Gasteiger partial charge in [-0.25, -0.2) is 4.98 Å². The minimum atomic E-state index is -0.332. The lowest BCUT2D eigenvalue weighted by molar-refractivity contribution is 0.0945. The quantitative estimate of drug-likeness (QED) is 0.760. The summed E-state index contributed by atoms with van der Waals surface area (Å²) in [6.07, 6.45) is 3.61. The van der Waals surface area contributed by atoms with Crippen LogP contribution < -0.4 is 10.1 Å². The van der Waals surface area contributed by atoms with Gasteiger partial charge in [0.05, 0.1) is 12.0 Å². The SMILES string of the molecule is COc1ccc(C(NC(=O)c2cc(C)c(C)s2)c2nccn2C)cc1. The third-order valence-electron chi connectivity index (χ3n) is 4.23. The number of rotatable bonds is 5. The summed E-state index contributed by atoms with van der Waals surface area (Å²) in [5, 5.41) is 3.12. The van der Waals surface area contributed by atoms with Gasteiger partial charge in [-0.15, -0.1) is 11.3 Å². The highest BCUT2D eigenvalue weighted by Crippen LogP contribution is 2.25. The summed E-state index contributed by atoms with van der Waals surface area (Å²) in [5.41, 5.74) is 2.08.